The molecule has 0 aliphatic carbocycles. The van der Waals surface area contributed by atoms with Crippen LogP contribution in [0.3, 0.4) is 0 Å². The third-order valence-corrected chi connectivity index (χ3v) is 3.52. The van der Waals surface area contributed by atoms with E-state index in [0.717, 1.165) is 10.0 Å². The molecule has 0 spiro atoms. The van der Waals surface area contributed by atoms with Crippen LogP contribution in [0.4, 0.5) is 5.69 Å². The lowest BCUT2D eigenvalue weighted by Gasteiger charge is -2.10. The first-order chi connectivity index (χ1) is 9.51. The van der Waals surface area contributed by atoms with E-state index in [9.17, 15) is 10.1 Å². The van der Waals surface area contributed by atoms with Crippen LogP contribution < -0.4 is 4.74 Å². The molecule has 2 aromatic carbocycles. The van der Waals surface area contributed by atoms with Gasteiger partial charge in [0.15, 0.2) is 0 Å². The fourth-order valence-corrected chi connectivity index (χ4v) is 2.37. The Hall–Kier alpha value is -1.30. The second kappa shape index (κ2) is 6.43. The van der Waals surface area contributed by atoms with Gasteiger partial charge in [0, 0.05) is 21.1 Å². The van der Waals surface area contributed by atoms with Crippen molar-refractivity contribution in [3.63, 3.8) is 0 Å². The highest BCUT2D eigenvalue weighted by Crippen LogP contribution is 2.36. The Morgan fingerprint density at radius 1 is 1.20 bits per heavy atom. The van der Waals surface area contributed by atoms with Crippen molar-refractivity contribution in [3.05, 3.63) is 61.6 Å². The predicted octanol–water partition coefficient (Wildman–Crippen LogP) is 5.54. The zero-order chi connectivity index (χ0) is 14.7. The number of halogens is 3. The second-order valence-electron chi connectivity index (χ2n) is 3.86. The van der Waals surface area contributed by atoms with E-state index in [1.807, 2.05) is 0 Å². The molecular formula is C13H8BrCl2NO3. The first-order valence-corrected chi connectivity index (χ1v) is 7.18. The van der Waals surface area contributed by atoms with Crippen LogP contribution in [0, 0.1) is 10.1 Å². The SMILES string of the molecule is O=[N+]([O-])c1cc(Cl)ccc1Oc1ccc(Br)cc1CCl. The summed E-state index contributed by atoms with van der Waals surface area (Å²) in [6.45, 7) is 0. The molecule has 0 aromatic heterocycles. The molecule has 2 aromatic rings. The summed E-state index contributed by atoms with van der Waals surface area (Å²) >= 11 is 14.9. The molecular weight excluding hydrogens is 369 g/mol. The normalized spacial score (nSPS) is 10.3. The average Bonchev–Trinajstić information content (AvgIpc) is 2.42. The lowest BCUT2D eigenvalue weighted by Crippen LogP contribution is -1.95. The number of nitro benzene ring substituents is 1. The minimum Gasteiger partial charge on any atom is -0.450 e. The maximum absolute atomic E-state index is 11.0. The van der Waals surface area contributed by atoms with Gasteiger partial charge in [-0.1, -0.05) is 27.5 Å². The van der Waals surface area contributed by atoms with Gasteiger partial charge < -0.3 is 4.74 Å². The maximum atomic E-state index is 11.0. The fraction of sp³-hybridized carbons (Fsp3) is 0.0769. The monoisotopic (exact) mass is 375 g/mol. The number of alkyl halides is 1. The summed E-state index contributed by atoms with van der Waals surface area (Å²) < 4.78 is 6.45. The summed E-state index contributed by atoms with van der Waals surface area (Å²) in [6, 6.07) is 9.50. The Kier molecular flexibility index (Phi) is 4.86. The smallest absolute Gasteiger partial charge is 0.313 e. The molecule has 0 saturated heterocycles. The van der Waals surface area contributed by atoms with Crippen molar-refractivity contribution in [2.45, 2.75) is 5.88 Å². The van der Waals surface area contributed by atoms with Gasteiger partial charge in [0.2, 0.25) is 5.75 Å². The fourth-order valence-electron chi connectivity index (χ4n) is 1.59. The van der Waals surface area contributed by atoms with Crippen molar-refractivity contribution >= 4 is 44.8 Å². The van der Waals surface area contributed by atoms with Crippen LogP contribution in [0.2, 0.25) is 5.02 Å². The van der Waals surface area contributed by atoms with Gasteiger partial charge in [-0.25, -0.2) is 0 Å². The highest BCUT2D eigenvalue weighted by Gasteiger charge is 2.17. The van der Waals surface area contributed by atoms with E-state index in [1.165, 1.54) is 18.2 Å². The molecule has 20 heavy (non-hydrogen) atoms. The van der Waals surface area contributed by atoms with Gasteiger partial charge in [-0.15, -0.1) is 11.6 Å². The Morgan fingerprint density at radius 2 is 1.90 bits per heavy atom. The van der Waals surface area contributed by atoms with Gasteiger partial charge in [0.1, 0.15) is 5.75 Å². The van der Waals surface area contributed by atoms with Crippen molar-refractivity contribution in [3.8, 4) is 11.5 Å². The first-order valence-electron chi connectivity index (χ1n) is 5.47. The van der Waals surface area contributed by atoms with Crippen LogP contribution in [0.5, 0.6) is 11.5 Å². The minimum atomic E-state index is -0.541. The first kappa shape index (κ1) is 15.1. The number of ether oxygens (including phenoxy) is 1. The number of hydrogen-bond donors (Lipinski definition) is 0. The predicted molar refractivity (Wildman–Crippen MR) is 81.9 cm³/mol. The molecule has 0 bridgehead atoms. The number of nitro groups is 1. The topological polar surface area (TPSA) is 52.4 Å². The van der Waals surface area contributed by atoms with E-state index in [4.69, 9.17) is 27.9 Å². The van der Waals surface area contributed by atoms with E-state index in [2.05, 4.69) is 15.9 Å². The summed E-state index contributed by atoms with van der Waals surface area (Å²) in [5.74, 6) is 0.817. The quantitative estimate of drug-likeness (QED) is 0.399. The highest BCUT2D eigenvalue weighted by molar-refractivity contribution is 9.10. The van der Waals surface area contributed by atoms with Crippen molar-refractivity contribution < 1.29 is 9.66 Å². The summed E-state index contributed by atoms with van der Waals surface area (Å²) in [5, 5.41) is 11.3. The molecule has 0 atom stereocenters. The molecule has 0 radical (unpaired) electrons. The van der Waals surface area contributed by atoms with E-state index in [1.54, 1.807) is 18.2 Å². The molecule has 7 heteroatoms. The summed E-state index contributed by atoms with van der Waals surface area (Å²) in [6.07, 6.45) is 0. The van der Waals surface area contributed by atoms with Crippen LogP contribution in [0.15, 0.2) is 40.9 Å². The van der Waals surface area contributed by atoms with Gasteiger partial charge in [-0.05, 0) is 30.3 Å². The zero-order valence-corrected chi connectivity index (χ0v) is 13.1. The lowest BCUT2D eigenvalue weighted by molar-refractivity contribution is -0.385. The molecule has 0 amide bonds. The van der Waals surface area contributed by atoms with Crippen LogP contribution in [-0.2, 0) is 5.88 Å². The molecule has 2 rings (SSSR count). The third-order valence-electron chi connectivity index (χ3n) is 2.50. The molecule has 0 heterocycles. The zero-order valence-electron chi connectivity index (χ0n) is 9.98. The van der Waals surface area contributed by atoms with Crippen LogP contribution in [0.1, 0.15) is 5.56 Å². The number of hydrogen-bond acceptors (Lipinski definition) is 3. The maximum Gasteiger partial charge on any atom is 0.313 e. The Bertz CT molecular complexity index is 664. The molecule has 0 aliphatic rings. The van der Waals surface area contributed by atoms with Gasteiger partial charge >= 0.3 is 5.69 Å². The summed E-state index contributed by atoms with van der Waals surface area (Å²) in [7, 11) is 0. The lowest BCUT2D eigenvalue weighted by atomic mass is 10.2. The standard InChI is InChI=1S/C13H8BrCl2NO3/c14-9-1-3-12(8(5-9)7-15)20-13-4-2-10(16)6-11(13)17(18)19/h1-6H,7H2. The summed E-state index contributed by atoms with van der Waals surface area (Å²) in [5.41, 5.74) is 0.534. The minimum absolute atomic E-state index is 0.119. The Morgan fingerprint density at radius 3 is 2.55 bits per heavy atom. The average molecular weight is 377 g/mol. The van der Waals surface area contributed by atoms with Crippen LogP contribution in [0.25, 0.3) is 0 Å². The Balaban J connectivity index is 2.42. The van der Waals surface area contributed by atoms with Crippen molar-refractivity contribution in [2.75, 3.05) is 0 Å². The van der Waals surface area contributed by atoms with Crippen molar-refractivity contribution in [1.82, 2.24) is 0 Å². The van der Waals surface area contributed by atoms with Crippen molar-refractivity contribution in [2.24, 2.45) is 0 Å². The Labute approximate surface area is 133 Å². The number of rotatable bonds is 4. The molecule has 4 nitrogen and oxygen atoms in total. The van der Waals surface area contributed by atoms with Crippen molar-refractivity contribution in [1.29, 1.82) is 0 Å². The molecule has 0 saturated carbocycles. The number of nitrogens with zero attached hydrogens (tertiary/aromatic N) is 1. The molecule has 0 fully saturated rings. The van der Waals surface area contributed by atoms with Gasteiger partial charge in [-0.3, -0.25) is 10.1 Å². The molecule has 0 aliphatic heterocycles. The van der Waals surface area contributed by atoms with Crippen LogP contribution >= 0.6 is 39.1 Å². The van der Waals surface area contributed by atoms with E-state index in [-0.39, 0.29) is 22.3 Å². The highest BCUT2D eigenvalue weighted by atomic mass is 79.9. The molecule has 0 unspecified atom stereocenters. The van der Waals surface area contributed by atoms with Gasteiger partial charge in [0.25, 0.3) is 0 Å². The second-order valence-corrected chi connectivity index (χ2v) is 5.48. The summed E-state index contributed by atoms with van der Waals surface area (Å²) in [4.78, 5) is 10.5. The molecule has 0 N–H and O–H groups in total. The molecule has 104 valence electrons. The van der Waals surface area contributed by atoms with Gasteiger partial charge in [-0.2, -0.15) is 0 Å². The van der Waals surface area contributed by atoms with Crippen LogP contribution in [-0.4, -0.2) is 4.92 Å². The number of benzene rings is 2. The third kappa shape index (κ3) is 3.42. The van der Waals surface area contributed by atoms with Gasteiger partial charge in [0.05, 0.1) is 10.8 Å². The largest absolute Gasteiger partial charge is 0.450 e. The van der Waals surface area contributed by atoms with E-state index in [0.29, 0.717) is 5.75 Å². The van der Waals surface area contributed by atoms with E-state index < -0.39 is 4.92 Å². The van der Waals surface area contributed by atoms with E-state index >= 15 is 0 Å².